The van der Waals surface area contributed by atoms with Crippen LogP contribution in [0.15, 0.2) is 30.5 Å². The van der Waals surface area contributed by atoms with Crippen LogP contribution >= 0.6 is 0 Å². The molecule has 1 aromatic heterocycles. The first-order valence-corrected chi connectivity index (χ1v) is 7.14. The number of hydrogen-bond donors (Lipinski definition) is 1. The molecule has 1 saturated carbocycles. The van der Waals surface area contributed by atoms with Crippen LogP contribution in [0.1, 0.15) is 42.5 Å². The number of nitrogens with one attached hydrogen (secondary N) is 1. The molecule has 1 fully saturated rings. The smallest absolute Gasteiger partial charge is 0.0659 e. The minimum Gasteiger partial charge on any atom is -0.313 e. The molecule has 0 atom stereocenters. The molecule has 0 aliphatic heterocycles. The Morgan fingerprint density at radius 1 is 1.32 bits per heavy atom. The van der Waals surface area contributed by atoms with Crippen molar-refractivity contribution in [3.63, 3.8) is 0 Å². The van der Waals surface area contributed by atoms with Gasteiger partial charge in [-0.05, 0) is 55.6 Å². The zero-order valence-corrected chi connectivity index (χ0v) is 11.7. The average Bonchev–Trinajstić information content (AvgIpc) is 3.15. The molecule has 0 spiro atoms. The van der Waals surface area contributed by atoms with E-state index in [1.54, 1.807) is 0 Å². The maximum absolute atomic E-state index is 4.68. The highest BCUT2D eigenvalue weighted by Gasteiger charge is 2.25. The summed E-state index contributed by atoms with van der Waals surface area (Å²) >= 11 is 0. The highest BCUT2D eigenvalue weighted by atomic mass is 15.3. The van der Waals surface area contributed by atoms with Gasteiger partial charge in [-0.2, -0.15) is 5.10 Å². The summed E-state index contributed by atoms with van der Waals surface area (Å²) in [7, 11) is 0. The van der Waals surface area contributed by atoms with Crippen molar-refractivity contribution < 1.29 is 0 Å². The Hall–Kier alpha value is -1.61. The maximum atomic E-state index is 4.68. The van der Waals surface area contributed by atoms with Crippen LogP contribution in [-0.2, 0) is 6.54 Å². The van der Waals surface area contributed by atoms with Crippen molar-refractivity contribution >= 4 is 0 Å². The van der Waals surface area contributed by atoms with Gasteiger partial charge in [-0.25, -0.2) is 4.68 Å². The second-order valence-corrected chi connectivity index (χ2v) is 5.35. The number of rotatable bonds is 5. The third kappa shape index (κ3) is 2.71. The van der Waals surface area contributed by atoms with E-state index in [1.807, 2.05) is 4.68 Å². The van der Waals surface area contributed by atoms with Crippen LogP contribution < -0.4 is 5.32 Å². The van der Waals surface area contributed by atoms with Crippen LogP contribution in [0.5, 0.6) is 0 Å². The lowest BCUT2D eigenvalue weighted by Crippen LogP contribution is -2.12. The van der Waals surface area contributed by atoms with Crippen LogP contribution in [-0.4, -0.2) is 16.3 Å². The lowest BCUT2D eigenvalue weighted by molar-refractivity contribution is 0.722. The molecule has 1 aliphatic rings. The molecule has 2 aromatic rings. The Morgan fingerprint density at radius 3 is 2.84 bits per heavy atom. The standard InChI is InChI=1S/C16H21N3/c1-3-17-11-14-6-7-15(10-12(14)2)19-9-8-16(18-19)13-4-5-13/h6-10,13,17H,3-5,11H2,1-2H3. The number of benzene rings is 1. The quantitative estimate of drug-likeness (QED) is 0.889. The Kier molecular flexibility index (Phi) is 3.38. The van der Waals surface area contributed by atoms with Crippen LogP contribution in [0.3, 0.4) is 0 Å². The fourth-order valence-corrected chi connectivity index (χ4v) is 2.36. The predicted octanol–water partition coefficient (Wildman–Crippen LogP) is 3.17. The van der Waals surface area contributed by atoms with E-state index in [4.69, 9.17) is 0 Å². The molecule has 1 aromatic carbocycles. The van der Waals surface area contributed by atoms with E-state index in [2.05, 4.69) is 54.7 Å². The van der Waals surface area contributed by atoms with Crippen LogP contribution in [0, 0.1) is 6.92 Å². The van der Waals surface area contributed by atoms with Gasteiger partial charge in [-0.15, -0.1) is 0 Å². The molecular formula is C16H21N3. The van der Waals surface area contributed by atoms with E-state index >= 15 is 0 Å². The second-order valence-electron chi connectivity index (χ2n) is 5.35. The maximum Gasteiger partial charge on any atom is 0.0659 e. The zero-order valence-electron chi connectivity index (χ0n) is 11.7. The van der Waals surface area contributed by atoms with Gasteiger partial charge in [0.15, 0.2) is 0 Å². The molecule has 0 radical (unpaired) electrons. The Labute approximate surface area is 114 Å². The van der Waals surface area contributed by atoms with Crippen molar-refractivity contribution in [3.05, 3.63) is 47.3 Å². The molecule has 3 heteroatoms. The number of aromatic nitrogens is 2. The molecule has 1 heterocycles. The number of nitrogens with zero attached hydrogens (tertiary/aromatic N) is 2. The van der Waals surface area contributed by atoms with Crippen molar-refractivity contribution in [2.24, 2.45) is 0 Å². The highest BCUT2D eigenvalue weighted by molar-refractivity contribution is 5.40. The van der Waals surface area contributed by atoms with Gasteiger partial charge in [0.25, 0.3) is 0 Å². The number of aryl methyl sites for hydroxylation is 1. The molecule has 0 bridgehead atoms. The summed E-state index contributed by atoms with van der Waals surface area (Å²) in [6.45, 7) is 6.24. The van der Waals surface area contributed by atoms with E-state index in [0.29, 0.717) is 0 Å². The zero-order chi connectivity index (χ0) is 13.2. The summed E-state index contributed by atoms with van der Waals surface area (Å²) < 4.78 is 2.00. The Bertz CT molecular complexity index is 567. The molecule has 1 N–H and O–H groups in total. The lowest BCUT2D eigenvalue weighted by atomic mass is 10.1. The van der Waals surface area contributed by atoms with Gasteiger partial charge >= 0.3 is 0 Å². The topological polar surface area (TPSA) is 29.9 Å². The molecule has 19 heavy (non-hydrogen) atoms. The molecule has 0 amide bonds. The van der Waals surface area contributed by atoms with Gasteiger partial charge in [0.05, 0.1) is 11.4 Å². The van der Waals surface area contributed by atoms with Gasteiger partial charge < -0.3 is 5.32 Å². The molecule has 100 valence electrons. The molecule has 0 unspecified atom stereocenters. The second kappa shape index (κ2) is 5.17. The van der Waals surface area contributed by atoms with Crippen LogP contribution in [0.4, 0.5) is 0 Å². The summed E-state index contributed by atoms with van der Waals surface area (Å²) in [5.74, 6) is 0.718. The van der Waals surface area contributed by atoms with Crippen molar-refractivity contribution in [1.82, 2.24) is 15.1 Å². The summed E-state index contributed by atoms with van der Waals surface area (Å²) in [4.78, 5) is 0. The first kappa shape index (κ1) is 12.4. The molecule has 3 rings (SSSR count). The van der Waals surface area contributed by atoms with Gasteiger partial charge in [-0.3, -0.25) is 0 Å². The monoisotopic (exact) mass is 255 g/mol. The lowest BCUT2D eigenvalue weighted by Gasteiger charge is -2.09. The molecule has 1 aliphatic carbocycles. The summed E-state index contributed by atoms with van der Waals surface area (Å²) in [6.07, 6.45) is 4.68. The first-order chi connectivity index (χ1) is 9.28. The SMILES string of the molecule is CCNCc1ccc(-n2ccc(C3CC3)n2)cc1C. The van der Waals surface area contributed by atoms with Crippen LogP contribution in [0.25, 0.3) is 5.69 Å². The van der Waals surface area contributed by atoms with Gasteiger partial charge in [0.2, 0.25) is 0 Å². The van der Waals surface area contributed by atoms with Gasteiger partial charge in [-0.1, -0.05) is 13.0 Å². The van der Waals surface area contributed by atoms with Gasteiger partial charge in [0, 0.05) is 18.7 Å². The van der Waals surface area contributed by atoms with E-state index in [-0.39, 0.29) is 0 Å². The Morgan fingerprint density at radius 2 is 2.16 bits per heavy atom. The fraction of sp³-hybridized carbons (Fsp3) is 0.438. The molecular weight excluding hydrogens is 234 g/mol. The van der Waals surface area contributed by atoms with Gasteiger partial charge in [0.1, 0.15) is 0 Å². The van der Waals surface area contributed by atoms with Crippen LogP contribution in [0.2, 0.25) is 0 Å². The van der Waals surface area contributed by atoms with E-state index in [0.717, 1.165) is 24.7 Å². The molecule has 0 saturated heterocycles. The molecule has 3 nitrogen and oxygen atoms in total. The summed E-state index contributed by atoms with van der Waals surface area (Å²) in [5.41, 5.74) is 5.08. The Balaban J connectivity index is 1.81. The van der Waals surface area contributed by atoms with Crippen molar-refractivity contribution in [2.45, 2.75) is 39.2 Å². The largest absolute Gasteiger partial charge is 0.313 e. The van der Waals surface area contributed by atoms with E-state index in [1.165, 1.54) is 29.7 Å². The van der Waals surface area contributed by atoms with Crippen molar-refractivity contribution in [1.29, 1.82) is 0 Å². The third-order valence-corrected chi connectivity index (χ3v) is 3.76. The summed E-state index contributed by atoms with van der Waals surface area (Å²) in [5, 5.41) is 8.05. The minimum absolute atomic E-state index is 0.718. The van der Waals surface area contributed by atoms with E-state index < -0.39 is 0 Å². The van der Waals surface area contributed by atoms with E-state index in [9.17, 15) is 0 Å². The third-order valence-electron chi connectivity index (χ3n) is 3.76. The average molecular weight is 255 g/mol. The minimum atomic E-state index is 0.718. The highest BCUT2D eigenvalue weighted by Crippen LogP contribution is 2.39. The van der Waals surface area contributed by atoms with Crippen molar-refractivity contribution in [2.75, 3.05) is 6.54 Å². The fourth-order valence-electron chi connectivity index (χ4n) is 2.36. The predicted molar refractivity (Wildman–Crippen MR) is 77.7 cm³/mol. The number of hydrogen-bond acceptors (Lipinski definition) is 2. The first-order valence-electron chi connectivity index (χ1n) is 7.14. The summed E-state index contributed by atoms with van der Waals surface area (Å²) in [6, 6.07) is 8.73. The van der Waals surface area contributed by atoms with Crippen molar-refractivity contribution in [3.8, 4) is 5.69 Å². The normalized spacial score (nSPS) is 14.8.